The molecular weight excluding hydrogens is 450 g/mol. The van der Waals surface area contributed by atoms with Gasteiger partial charge in [0.15, 0.2) is 5.78 Å². The van der Waals surface area contributed by atoms with Crippen molar-refractivity contribution < 1.29 is 18.8 Å². The molecule has 2 atom stereocenters. The lowest BCUT2D eigenvalue weighted by Gasteiger charge is -2.32. The van der Waals surface area contributed by atoms with Crippen LogP contribution in [0.2, 0.25) is 0 Å². The van der Waals surface area contributed by atoms with E-state index in [1.54, 1.807) is 24.9 Å². The Labute approximate surface area is 209 Å². The Morgan fingerprint density at radius 3 is 2.56 bits per heavy atom. The molecule has 1 aromatic rings. The van der Waals surface area contributed by atoms with Gasteiger partial charge in [-0.25, -0.2) is 0 Å². The van der Waals surface area contributed by atoms with Crippen LogP contribution in [0.4, 0.5) is 0 Å². The molecule has 2 heterocycles. The molecule has 0 aliphatic carbocycles. The number of rotatable bonds is 15. The molecule has 0 spiro atoms. The minimum atomic E-state index is -0.200. The van der Waals surface area contributed by atoms with Crippen molar-refractivity contribution in [2.75, 3.05) is 25.4 Å². The van der Waals surface area contributed by atoms with Gasteiger partial charge in [0.05, 0.1) is 23.8 Å². The van der Waals surface area contributed by atoms with Crippen LogP contribution in [0, 0.1) is 11.8 Å². The lowest BCUT2D eigenvalue weighted by Crippen LogP contribution is -2.50. The van der Waals surface area contributed by atoms with Crippen LogP contribution in [0.3, 0.4) is 0 Å². The highest BCUT2D eigenvalue weighted by Crippen LogP contribution is 2.19. The molecule has 1 aliphatic heterocycles. The van der Waals surface area contributed by atoms with Crippen LogP contribution >= 0.6 is 11.8 Å². The van der Waals surface area contributed by atoms with Crippen LogP contribution in [0.5, 0.6) is 0 Å². The van der Waals surface area contributed by atoms with E-state index in [0.717, 1.165) is 31.4 Å². The largest absolute Gasteiger partial charge is 0.468 e. The van der Waals surface area contributed by atoms with Crippen molar-refractivity contribution in [2.45, 2.75) is 84.1 Å². The fourth-order valence-electron chi connectivity index (χ4n) is 4.36. The van der Waals surface area contributed by atoms with Crippen molar-refractivity contribution in [3.63, 3.8) is 0 Å². The van der Waals surface area contributed by atoms with Gasteiger partial charge in [0.1, 0.15) is 5.76 Å². The standard InChI is InChI=1S/C26H43N3O4S/c1-5-6-9-24(25(31)18-34-17-23-8-7-14-33-23)27-16-22(15-19(2)3)28-26(32)21-10-12-29(13-11-21)20(4)30/h7-8,14,19,21-22,24,27H,5-6,9-13,15-18H2,1-4H3,(H,28,32). The fraction of sp³-hybridized carbons (Fsp3) is 0.731. The number of unbranched alkanes of at least 4 members (excludes halogenated alkanes) is 1. The van der Waals surface area contributed by atoms with Crippen molar-refractivity contribution in [2.24, 2.45) is 11.8 Å². The van der Waals surface area contributed by atoms with Gasteiger partial charge in [-0.3, -0.25) is 14.4 Å². The summed E-state index contributed by atoms with van der Waals surface area (Å²) in [6, 6.07) is 3.56. The predicted octanol–water partition coefficient (Wildman–Crippen LogP) is 4.02. The molecule has 2 amide bonds. The summed E-state index contributed by atoms with van der Waals surface area (Å²) in [5.74, 6) is 2.74. The van der Waals surface area contributed by atoms with E-state index in [9.17, 15) is 14.4 Å². The molecule has 34 heavy (non-hydrogen) atoms. The topological polar surface area (TPSA) is 91.6 Å². The quantitative estimate of drug-likeness (QED) is 0.383. The SMILES string of the molecule is CCCCC(NCC(CC(C)C)NC(=O)C1CCN(C(C)=O)CC1)C(=O)CSCc1ccco1. The number of furan rings is 1. The summed E-state index contributed by atoms with van der Waals surface area (Å²) >= 11 is 1.58. The highest BCUT2D eigenvalue weighted by molar-refractivity contribution is 7.99. The van der Waals surface area contributed by atoms with Crippen LogP contribution in [0.25, 0.3) is 0 Å². The van der Waals surface area contributed by atoms with Crippen molar-refractivity contribution in [3.05, 3.63) is 24.2 Å². The molecule has 1 fully saturated rings. The third kappa shape index (κ3) is 10.2. The Hall–Kier alpha value is -1.80. The second-order valence-corrected chi connectivity index (χ2v) is 10.7. The molecule has 0 radical (unpaired) electrons. The number of carbonyl (C=O) groups excluding carboxylic acids is 3. The Balaban J connectivity index is 1.87. The Morgan fingerprint density at radius 2 is 1.97 bits per heavy atom. The fourth-order valence-corrected chi connectivity index (χ4v) is 5.22. The molecule has 192 valence electrons. The maximum atomic E-state index is 12.9. The first-order valence-corrected chi connectivity index (χ1v) is 13.9. The molecular formula is C26H43N3O4S. The number of amides is 2. The van der Waals surface area contributed by atoms with Gasteiger partial charge in [0.2, 0.25) is 11.8 Å². The molecule has 0 aromatic carbocycles. The van der Waals surface area contributed by atoms with Crippen LogP contribution in [-0.4, -0.2) is 60.0 Å². The lowest BCUT2D eigenvalue weighted by molar-refractivity contribution is -0.134. The van der Waals surface area contributed by atoms with E-state index in [1.807, 2.05) is 17.0 Å². The average Bonchev–Trinajstić information content (AvgIpc) is 3.32. The van der Waals surface area contributed by atoms with Crippen LogP contribution < -0.4 is 10.6 Å². The summed E-state index contributed by atoms with van der Waals surface area (Å²) in [6.45, 7) is 9.88. The predicted molar refractivity (Wildman–Crippen MR) is 138 cm³/mol. The molecule has 7 nitrogen and oxygen atoms in total. The van der Waals surface area contributed by atoms with E-state index < -0.39 is 0 Å². The molecule has 2 rings (SSSR count). The van der Waals surface area contributed by atoms with Gasteiger partial charge >= 0.3 is 0 Å². The van der Waals surface area contributed by atoms with Crippen molar-refractivity contribution in [1.82, 2.24) is 15.5 Å². The molecule has 1 saturated heterocycles. The third-order valence-corrected chi connectivity index (χ3v) is 7.31. The normalized spacial score (nSPS) is 16.4. The van der Waals surface area contributed by atoms with Gasteiger partial charge in [-0.2, -0.15) is 0 Å². The van der Waals surface area contributed by atoms with E-state index in [1.165, 1.54) is 0 Å². The summed E-state index contributed by atoms with van der Waals surface area (Å²) < 4.78 is 5.35. The average molecular weight is 494 g/mol. The monoisotopic (exact) mass is 493 g/mol. The van der Waals surface area contributed by atoms with Gasteiger partial charge < -0.3 is 20.0 Å². The first-order valence-electron chi connectivity index (χ1n) is 12.7. The first kappa shape index (κ1) is 28.4. The van der Waals surface area contributed by atoms with Crippen LogP contribution in [-0.2, 0) is 20.1 Å². The minimum absolute atomic E-state index is 0.0222. The smallest absolute Gasteiger partial charge is 0.223 e. The highest BCUT2D eigenvalue weighted by Gasteiger charge is 2.28. The Kier molecular flexibility index (Phi) is 12.8. The molecule has 2 N–H and O–H groups in total. The molecule has 0 saturated carbocycles. The third-order valence-electron chi connectivity index (χ3n) is 6.33. The number of nitrogens with zero attached hydrogens (tertiary/aromatic N) is 1. The van der Waals surface area contributed by atoms with Crippen molar-refractivity contribution in [3.8, 4) is 0 Å². The number of hydrogen-bond acceptors (Lipinski definition) is 6. The first-order chi connectivity index (χ1) is 16.3. The van der Waals surface area contributed by atoms with Crippen LogP contribution in [0.1, 0.15) is 72.0 Å². The zero-order valence-corrected chi connectivity index (χ0v) is 22.1. The molecule has 2 unspecified atom stereocenters. The van der Waals surface area contributed by atoms with Crippen LogP contribution in [0.15, 0.2) is 22.8 Å². The zero-order chi connectivity index (χ0) is 24.9. The second kappa shape index (κ2) is 15.2. The Bertz CT molecular complexity index is 745. The van der Waals surface area contributed by atoms with E-state index in [-0.39, 0.29) is 35.6 Å². The number of Topliss-reactive ketones (excluding diaryl/α,β-unsaturated/α-hetero) is 1. The van der Waals surface area contributed by atoms with E-state index in [0.29, 0.717) is 49.9 Å². The number of piperidine rings is 1. The number of carbonyl (C=O) groups is 3. The molecule has 8 heteroatoms. The summed E-state index contributed by atoms with van der Waals surface area (Å²) in [4.78, 5) is 39.3. The minimum Gasteiger partial charge on any atom is -0.468 e. The molecule has 0 bridgehead atoms. The number of likely N-dealkylation sites (tertiary alicyclic amines) is 1. The van der Waals surface area contributed by atoms with Gasteiger partial charge in [-0.1, -0.05) is 33.6 Å². The summed E-state index contributed by atoms with van der Waals surface area (Å²) in [6.07, 6.45) is 6.75. The number of nitrogens with one attached hydrogen (secondary N) is 2. The van der Waals surface area contributed by atoms with E-state index in [4.69, 9.17) is 4.42 Å². The van der Waals surface area contributed by atoms with Gasteiger partial charge in [-0.15, -0.1) is 11.8 Å². The number of thioether (sulfide) groups is 1. The lowest BCUT2D eigenvalue weighted by atomic mass is 9.94. The van der Waals surface area contributed by atoms with Crippen molar-refractivity contribution in [1.29, 1.82) is 0 Å². The maximum Gasteiger partial charge on any atom is 0.223 e. The highest BCUT2D eigenvalue weighted by atomic mass is 32.2. The summed E-state index contributed by atoms with van der Waals surface area (Å²) in [7, 11) is 0. The van der Waals surface area contributed by atoms with E-state index in [2.05, 4.69) is 31.4 Å². The van der Waals surface area contributed by atoms with Gasteiger partial charge in [0, 0.05) is 38.5 Å². The van der Waals surface area contributed by atoms with E-state index >= 15 is 0 Å². The van der Waals surface area contributed by atoms with Gasteiger partial charge in [-0.05, 0) is 43.7 Å². The summed E-state index contributed by atoms with van der Waals surface area (Å²) in [5, 5.41) is 6.72. The van der Waals surface area contributed by atoms with Crippen molar-refractivity contribution >= 4 is 29.4 Å². The molecule has 1 aromatic heterocycles. The Morgan fingerprint density at radius 1 is 1.24 bits per heavy atom. The van der Waals surface area contributed by atoms with Gasteiger partial charge in [0.25, 0.3) is 0 Å². The summed E-state index contributed by atoms with van der Waals surface area (Å²) in [5.41, 5.74) is 0. The molecule has 1 aliphatic rings. The zero-order valence-electron chi connectivity index (χ0n) is 21.3. The number of ketones is 1. The maximum absolute atomic E-state index is 12.9. The number of hydrogen-bond donors (Lipinski definition) is 2. The second-order valence-electron chi connectivity index (χ2n) is 9.76.